The van der Waals surface area contributed by atoms with Gasteiger partial charge in [0.05, 0.1) is 0 Å². The highest BCUT2D eigenvalue weighted by Gasteiger charge is 2.22. The smallest absolute Gasteiger partial charge is 0.00201 e. The Morgan fingerprint density at radius 1 is 0.217 bits per heavy atom. The molecule has 0 spiro atoms. The molecule has 9 rings (SSSR count). The second-order valence-corrected chi connectivity index (χ2v) is 12.0. The average Bonchev–Trinajstić information content (AvgIpc) is 3.45. The van der Waals surface area contributed by atoms with E-state index in [-0.39, 0.29) is 0 Å². The summed E-state index contributed by atoms with van der Waals surface area (Å²) in [6.45, 7) is 0. The molecule has 0 aromatic heterocycles. The SMILES string of the molecule is c1cccc(-c2ccc3ccccc3c2)c2ccccc2c(-c2ccc(-c3ccc4c5c(cccc35)-c3ccccc3-4)cc2)cc1. The lowest BCUT2D eigenvalue weighted by molar-refractivity contribution is 1.63. The van der Waals surface area contributed by atoms with Crippen LogP contribution < -0.4 is 0 Å². The van der Waals surface area contributed by atoms with Crippen LogP contribution in [-0.2, 0) is 0 Å². The first-order chi connectivity index (χ1) is 22.8. The molecule has 0 N–H and O–H groups in total. The highest BCUT2D eigenvalue weighted by Crippen LogP contribution is 2.49. The van der Waals surface area contributed by atoms with Crippen LogP contribution in [0.4, 0.5) is 0 Å². The molecule has 8 aromatic carbocycles. The third-order valence-electron chi connectivity index (χ3n) is 9.48. The molecule has 0 saturated carbocycles. The van der Waals surface area contributed by atoms with Crippen LogP contribution in [0.2, 0.25) is 0 Å². The first kappa shape index (κ1) is 26.4. The van der Waals surface area contributed by atoms with E-state index in [1.54, 1.807) is 0 Å². The van der Waals surface area contributed by atoms with Gasteiger partial charge in [0.25, 0.3) is 0 Å². The quantitative estimate of drug-likeness (QED) is 0.194. The van der Waals surface area contributed by atoms with Crippen LogP contribution in [0.5, 0.6) is 0 Å². The van der Waals surface area contributed by atoms with Gasteiger partial charge in [0.1, 0.15) is 0 Å². The van der Waals surface area contributed by atoms with Crippen molar-refractivity contribution in [3.8, 4) is 55.6 Å². The Morgan fingerprint density at radius 3 is 1.35 bits per heavy atom. The summed E-state index contributed by atoms with van der Waals surface area (Å²) in [4.78, 5) is 0. The van der Waals surface area contributed by atoms with Gasteiger partial charge in [-0.2, -0.15) is 0 Å². The van der Waals surface area contributed by atoms with Gasteiger partial charge in [-0.25, -0.2) is 0 Å². The van der Waals surface area contributed by atoms with Crippen LogP contribution in [0, 0.1) is 0 Å². The highest BCUT2D eigenvalue weighted by molar-refractivity contribution is 6.18. The summed E-state index contributed by atoms with van der Waals surface area (Å²) in [6, 6.07) is 66.4. The van der Waals surface area contributed by atoms with Gasteiger partial charge in [-0.05, 0) is 94.0 Å². The molecule has 0 saturated heterocycles. The number of hydrogen-bond donors (Lipinski definition) is 0. The Kier molecular flexibility index (Phi) is 6.25. The van der Waals surface area contributed by atoms with Gasteiger partial charge < -0.3 is 0 Å². The van der Waals surface area contributed by atoms with Gasteiger partial charge in [-0.15, -0.1) is 0 Å². The second kappa shape index (κ2) is 10.9. The molecule has 0 atom stereocenters. The van der Waals surface area contributed by atoms with Gasteiger partial charge in [0.2, 0.25) is 0 Å². The zero-order valence-corrected chi connectivity index (χ0v) is 25.3. The number of fused-ring (bicyclic) bond motifs is 5. The van der Waals surface area contributed by atoms with Crippen molar-refractivity contribution in [2.24, 2.45) is 0 Å². The highest BCUT2D eigenvalue weighted by atomic mass is 14.2. The summed E-state index contributed by atoms with van der Waals surface area (Å²) in [6.07, 6.45) is 0. The topological polar surface area (TPSA) is 0 Å². The lowest BCUT2D eigenvalue weighted by Crippen LogP contribution is -1.85. The minimum absolute atomic E-state index is 1.20. The monoisotopic (exact) mass is 582 g/mol. The first-order valence-electron chi connectivity index (χ1n) is 15.9. The Bertz CT molecular complexity index is 2490. The molecule has 0 fully saturated rings. The molecule has 8 aromatic rings. The average molecular weight is 583 g/mol. The molecule has 214 valence electrons. The predicted molar refractivity (Wildman–Crippen MR) is 197 cm³/mol. The minimum Gasteiger partial charge on any atom is -0.0622 e. The van der Waals surface area contributed by atoms with Crippen LogP contribution in [0.1, 0.15) is 0 Å². The summed E-state index contributed by atoms with van der Waals surface area (Å²) in [7, 11) is 0. The third-order valence-corrected chi connectivity index (χ3v) is 9.48. The normalized spacial score (nSPS) is 11.5. The summed E-state index contributed by atoms with van der Waals surface area (Å²) in [5.74, 6) is 0. The van der Waals surface area contributed by atoms with E-state index in [2.05, 4.69) is 182 Å². The molecule has 0 heterocycles. The van der Waals surface area contributed by atoms with Gasteiger partial charge in [-0.1, -0.05) is 176 Å². The standard InChI is InChI=1S/C46H30/c1-2-4-15-37(35-27-22-31-12-5-6-13-34(31)30-35)40-17-8-7-16-39(40)36(14-3-1)32-23-25-33(26-24-32)38-28-29-45-42-19-10-9-18-41(42)44-21-11-20-43(38)46(44)45/h1-30H. The minimum atomic E-state index is 1.20. The fourth-order valence-electron chi connectivity index (χ4n) is 7.31. The van der Waals surface area contributed by atoms with E-state index in [1.807, 2.05) is 0 Å². The largest absolute Gasteiger partial charge is 0.0622 e. The van der Waals surface area contributed by atoms with Crippen LogP contribution >= 0.6 is 0 Å². The Labute approximate surface area is 269 Å². The molecule has 0 unspecified atom stereocenters. The lowest BCUT2D eigenvalue weighted by Gasteiger charge is -2.12. The van der Waals surface area contributed by atoms with Crippen molar-refractivity contribution in [3.05, 3.63) is 182 Å². The van der Waals surface area contributed by atoms with E-state index < -0.39 is 0 Å². The number of rotatable bonds is 3. The van der Waals surface area contributed by atoms with Crippen molar-refractivity contribution in [3.63, 3.8) is 0 Å². The molecule has 0 bridgehead atoms. The molecule has 0 nitrogen and oxygen atoms in total. The molecular weight excluding hydrogens is 553 g/mol. The van der Waals surface area contributed by atoms with Crippen LogP contribution in [0.15, 0.2) is 182 Å². The van der Waals surface area contributed by atoms with E-state index in [0.29, 0.717) is 0 Å². The summed E-state index contributed by atoms with van der Waals surface area (Å²) < 4.78 is 0. The van der Waals surface area contributed by atoms with Crippen molar-refractivity contribution in [2.75, 3.05) is 0 Å². The van der Waals surface area contributed by atoms with Gasteiger partial charge >= 0.3 is 0 Å². The molecule has 46 heavy (non-hydrogen) atoms. The molecule has 1 aliphatic carbocycles. The van der Waals surface area contributed by atoms with Crippen LogP contribution in [-0.4, -0.2) is 0 Å². The van der Waals surface area contributed by atoms with Crippen molar-refractivity contribution in [1.82, 2.24) is 0 Å². The van der Waals surface area contributed by atoms with Crippen molar-refractivity contribution in [1.29, 1.82) is 0 Å². The zero-order valence-electron chi connectivity index (χ0n) is 25.3. The maximum Gasteiger partial charge on any atom is -0.00201 e. The second-order valence-electron chi connectivity index (χ2n) is 12.0. The molecule has 0 amide bonds. The summed E-state index contributed by atoms with van der Waals surface area (Å²) in [5.41, 5.74) is 12.7. The molecule has 0 aliphatic heterocycles. The Morgan fingerprint density at radius 2 is 0.652 bits per heavy atom. The predicted octanol–water partition coefficient (Wildman–Crippen LogP) is 12.9. The maximum atomic E-state index is 2.31. The van der Waals surface area contributed by atoms with E-state index in [0.717, 1.165) is 0 Å². The first-order valence-corrected chi connectivity index (χ1v) is 15.9. The number of hydrogen-bond acceptors (Lipinski definition) is 0. The Hall–Kier alpha value is -5.98. The van der Waals surface area contributed by atoms with Crippen molar-refractivity contribution < 1.29 is 0 Å². The van der Waals surface area contributed by atoms with Gasteiger partial charge in [0, 0.05) is 0 Å². The van der Waals surface area contributed by atoms with Gasteiger partial charge in [-0.3, -0.25) is 0 Å². The fraction of sp³-hybridized carbons (Fsp3) is 0. The lowest BCUT2D eigenvalue weighted by atomic mass is 9.92. The van der Waals surface area contributed by atoms with Crippen LogP contribution in [0.25, 0.3) is 88.0 Å². The van der Waals surface area contributed by atoms with E-state index in [4.69, 9.17) is 0 Å². The molecular formula is C46H30. The summed E-state index contributed by atoms with van der Waals surface area (Å²) in [5, 5.41) is 7.61. The summed E-state index contributed by atoms with van der Waals surface area (Å²) >= 11 is 0. The molecule has 0 heteroatoms. The molecule has 0 radical (unpaired) electrons. The van der Waals surface area contributed by atoms with E-state index in [1.165, 1.54) is 88.0 Å². The third kappa shape index (κ3) is 4.30. The zero-order chi connectivity index (χ0) is 30.5. The van der Waals surface area contributed by atoms with Crippen molar-refractivity contribution >= 4 is 32.3 Å². The Balaban J connectivity index is 1.20. The maximum absolute atomic E-state index is 2.31. The van der Waals surface area contributed by atoms with Gasteiger partial charge in [0.15, 0.2) is 0 Å². The number of benzene rings is 7. The van der Waals surface area contributed by atoms with Crippen LogP contribution in [0.3, 0.4) is 0 Å². The molecule has 1 aliphatic rings. The van der Waals surface area contributed by atoms with E-state index >= 15 is 0 Å². The van der Waals surface area contributed by atoms with E-state index in [9.17, 15) is 0 Å². The fourth-order valence-corrected chi connectivity index (χ4v) is 7.31. The van der Waals surface area contributed by atoms with Crippen molar-refractivity contribution in [2.45, 2.75) is 0 Å².